The number of fused-ring (bicyclic) bond motifs is 1. The first-order valence-corrected chi connectivity index (χ1v) is 14.1. The van der Waals surface area contributed by atoms with Crippen LogP contribution < -0.4 is 4.74 Å². The standard InChI is InChI=1S/C29H33BrN2O3S/c1-4-20(2)17-31(29(34)22-6-5-7-23(30)16-22)18-28(33)32-14-12-27-25(13-15-36-27)26(32)19-35-24-10-8-21(3)9-11-24/h5-11,13,15-16,20,26H,4,12,14,17-19H2,1-3H3/t20-,26-/m1/s1. The molecule has 2 aromatic carbocycles. The van der Waals surface area contributed by atoms with E-state index in [1.165, 1.54) is 10.4 Å². The van der Waals surface area contributed by atoms with Gasteiger partial charge in [-0.15, -0.1) is 11.3 Å². The summed E-state index contributed by atoms with van der Waals surface area (Å²) in [5.74, 6) is 0.916. The van der Waals surface area contributed by atoms with E-state index in [1.54, 1.807) is 22.3 Å². The molecule has 0 saturated heterocycles. The van der Waals surface area contributed by atoms with E-state index >= 15 is 0 Å². The molecule has 3 aromatic rings. The summed E-state index contributed by atoms with van der Waals surface area (Å²) >= 11 is 5.19. The third-order valence-electron chi connectivity index (χ3n) is 6.76. The Morgan fingerprint density at radius 3 is 2.69 bits per heavy atom. The lowest BCUT2D eigenvalue weighted by Crippen LogP contribution is -2.48. The van der Waals surface area contributed by atoms with E-state index in [0.717, 1.165) is 28.6 Å². The van der Waals surface area contributed by atoms with Crippen molar-refractivity contribution in [1.29, 1.82) is 0 Å². The minimum Gasteiger partial charge on any atom is -0.491 e. The highest BCUT2D eigenvalue weighted by Gasteiger charge is 2.34. The smallest absolute Gasteiger partial charge is 0.254 e. The number of hydrogen-bond donors (Lipinski definition) is 0. The molecule has 1 aliphatic rings. The van der Waals surface area contributed by atoms with Gasteiger partial charge in [-0.3, -0.25) is 9.59 Å². The van der Waals surface area contributed by atoms with Crippen LogP contribution in [0.3, 0.4) is 0 Å². The molecule has 0 aliphatic carbocycles. The van der Waals surface area contributed by atoms with Gasteiger partial charge >= 0.3 is 0 Å². The fourth-order valence-electron chi connectivity index (χ4n) is 4.47. The highest BCUT2D eigenvalue weighted by molar-refractivity contribution is 9.10. The Balaban J connectivity index is 1.54. The zero-order valence-corrected chi connectivity index (χ0v) is 23.5. The SMILES string of the molecule is CC[C@@H](C)CN(CC(=O)N1CCc2sccc2[C@H]1COc1ccc(C)cc1)C(=O)c1cccc(Br)c1. The van der Waals surface area contributed by atoms with Crippen LogP contribution in [-0.2, 0) is 11.2 Å². The predicted molar refractivity (Wildman–Crippen MR) is 149 cm³/mol. The summed E-state index contributed by atoms with van der Waals surface area (Å²) in [6, 6.07) is 17.3. The van der Waals surface area contributed by atoms with E-state index in [0.29, 0.717) is 31.2 Å². The average molecular weight is 570 g/mol. The van der Waals surface area contributed by atoms with Crippen molar-refractivity contribution >= 4 is 39.1 Å². The Labute approximate surface area is 226 Å². The topological polar surface area (TPSA) is 49.9 Å². The molecule has 4 rings (SSSR count). The van der Waals surface area contributed by atoms with Crippen LogP contribution in [-0.4, -0.2) is 47.9 Å². The zero-order chi connectivity index (χ0) is 25.7. The number of carbonyl (C=O) groups is 2. The number of amides is 2. The normalized spacial score (nSPS) is 15.8. The molecule has 7 heteroatoms. The van der Waals surface area contributed by atoms with Crippen molar-refractivity contribution in [1.82, 2.24) is 9.80 Å². The van der Waals surface area contributed by atoms with Gasteiger partial charge in [0.2, 0.25) is 5.91 Å². The maximum absolute atomic E-state index is 13.7. The second-order valence-corrected chi connectivity index (χ2v) is 11.4. The van der Waals surface area contributed by atoms with Crippen LogP contribution in [0.2, 0.25) is 0 Å². The highest BCUT2D eigenvalue weighted by atomic mass is 79.9. The molecular formula is C29H33BrN2O3S. The number of nitrogens with zero attached hydrogens (tertiary/aromatic N) is 2. The van der Waals surface area contributed by atoms with E-state index in [2.05, 4.69) is 41.2 Å². The van der Waals surface area contributed by atoms with E-state index in [1.807, 2.05) is 54.3 Å². The fraction of sp³-hybridized carbons (Fsp3) is 0.379. The molecule has 2 atom stereocenters. The van der Waals surface area contributed by atoms with Gasteiger partial charge in [-0.05, 0) is 66.6 Å². The van der Waals surface area contributed by atoms with Crippen molar-refractivity contribution in [3.63, 3.8) is 0 Å². The summed E-state index contributed by atoms with van der Waals surface area (Å²) in [7, 11) is 0. The summed E-state index contributed by atoms with van der Waals surface area (Å²) in [5, 5.41) is 2.09. The number of ether oxygens (including phenoxy) is 1. The Morgan fingerprint density at radius 1 is 1.19 bits per heavy atom. The lowest BCUT2D eigenvalue weighted by Gasteiger charge is -2.37. The number of benzene rings is 2. The Hall–Kier alpha value is -2.64. The highest BCUT2D eigenvalue weighted by Crippen LogP contribution is 2.34. The summed E-state index contributed by atoms with van der Waals surface area (Å²) in [6.07, 6.45) is 1.76. The molecule has 2 amide bonds. The third-order valence-corrected chi connectivity index (χ3v) is 8.25. The molecule has 2 heterocycles. The first-order valence-electron chi connectivity index (χ1n) is 12.5. The zero-order valence-electron chi connectivity index (χ0n) is 21.1. The first kappa shape index (κ1) is 26.4. The molecule has 1 aromatic heterocycles. The monoisotopic (exact) mass is 568 g/mol. The van der Waals surface area contributed by atoms with Crippen LogP contribution in [0.15, 0.2) is 64.5 Å². The van der Waals surface area contributed by atoms with Crippen LogP contribution in [0.4, 0.5) is 0 Å². The second kappa shape index (κ2) is 12.1. The Bertz CT molecular complexity index is 1190. The number of aryl methyl sites for hydroxylation is 1. The Morgan fingerprint density at radius 2 is 1.97 bits per heavy atom. The maximum Gasteiger partial charge on any atom is 0.254 e. The van der Waals surface area contributed by atoms with Gasteiger partial charge in [0.25, 0.3) is 5.91 Å². The number of carbonyl (C=O) groups excluding carboxylic acids is 2. The van der Waals surface area contributed by atoms with Crippen molar-refractivity contribution in [3.8, 4) is 5.75 Å². The average Bonchev–Trinajstić information content (AvgIpc) is 3.36. The number of hydrogen-bond acceptors (Lipinski definition) is 4. The van der Waals surface area contributed by atoms with E-state index in [9.17, 15) is 9.59 Å². The maximum atomic E-state index is 13.7. The number of thiophene rings is 1. The van der Waals surface area contributed by atoms with Gasteiger partial charge in [-0.25, -0.2) is 0 Å². The lowest BCUT2D eigenvalue weighted by atomic mass is 10.00. The van der Waals surface area contributed by atoms with Crippen LogP contribution in [0.1, 0.15) is 52.7 Å². The first-order chi connectivity index (χ1) is 17.4. The lowest BCUT2D eigenvalue weighted by molar-refractivity contribution is -0.135. The van der Waals surface area contributed by atoms with Crippen LogP contribution in [0.25, 0.3) is 0 Å². The molecule has 0 fully saturated rings. The largest absolute Gasteiger partial charge is 0.491 e. The predicted octanol–water partition coefficient (Wildman–Crippen LogP) is 6.51. The van der Waals surface area contributed by atoms with Crippen LogP contribution >= 0.6 is 27.3 Å². The summed E-state index contributed by atoms with van der Waals surface area (Å²) in [6.45, 7) is 7.85. The van der Waals surface area contributed by atoms with Gasteiger partial charge < -0.3 is 14.5 Å². The minimum atomic E-state index is -0.180. The third kappa shape index (κ3) is 6.37. The van der Waals surface area contributed by atoms with Crippen LogP contribution in [0.5, 0.6) is 5.75 Å². The number of halogens is 1. The molecule has 5 nitrogen and oxygen atoms in total. The van der Waals surface area contributed by atoms with Gasteiger partial charge in [0.1, 0.15) is 18.9 Å². The minimum absolute atomic E-state index is 0.0454. The fourth-order valence-corrected chi connectivity index (χ4v) is 5.79. The molecular weight excluding hydrogens is 536 g/mol. The molecule has 0 radical (unpaired) electrons. The van der Waals surface area contributed by atoms with E-state index < -0.39 is 0 Å². The van der Waals surface area contributed by atoms with Gasteiger partial charge in [0.05, 0.1) is 6.04 Å². The molecule has 0 saturated carbocycles. The van der Waals surface area contributed by atoms with Gasteiger partial charge in [0.15, 0.2) is 0 Å². The molecule has 0 N–H and O–H groups in total. The van der Waals surface area contributed by atoms with Gasteiger partial charge in [0, 0.05) is 28.0 Å². The molecule has 0 unspecified atom stereocenters. The van der Waals surface area contributed by atoms with Crippen LogP contribution in [0, 0.1) is 12.8 Å². The van der Waals surface area contributed by atoms with Crippen molar-refractivity contribution in [2.24, 2.45) is 5.92 Å². The summed E-state index contributed by atoms with van der Waals surface area (Å²) in [5.41, 5.74) is 2.91. The summed E-state index contributed by atoms with van der Waals surface area (Å²) < 4.78 is 6.99. The second-order valence-electron chi connectivity index (χ2n) is 9.49. The molecule has 36 heavy (non-hydrogen) atoms. The molecule has 1 aliphatic heterocycles. The summed E-state index contributed by atoms with van der Waals surface area (Å²) in [4.78, 5) is 32.1. The van der Waals surface area contributed by atoms with Gasteiger partial charge in [-0.1, -0.05) is 60.0 Å². The Kier molecular flexibility index (Phi) is 8.86. The number of rotatable bonds is 9. The van der Waals surface area contributed by atoms with Crippen molar-refractivity contribution in [3.05, 3.63) is 86.0 Å². The van der Waals surface area contributed by atoms with Crippen molar-refractivity contribution in [2.45, 2.75) is 39.7 Å². The van der Waals surface area contributed by atoms with Crippen molar-refractivity contribution < 1.29 is 14.3 Å². The molecule has 0 bridgehead atoms. The van der Waals surface area contributed by atoms with E-state index in [-0.39, 0.29) is 24.4 Å². The quantitative estimate of drug-likeness (QED) is 0.295. The molecule has 0 spiro atoms. The van der Waals surface area contributed by atoms with Crippen molar-refractivity contribution in [2.75, 3.05) is 26.2 Å². The van der Waals surface area contributed by atoms with E-state index in [4.69, 9.17) is 4.74 Å². The molecule has 190 valence electrons. The van der Waals surface area contributed by atoms with Gasteiger partial charge in [-0.2, -0.15) is 0 Å².